The molecule has 1 saturated heterocycles. The molecule has 0 N–H and O–H groups in total. The predicted molar refractivity (Wildman–Crippen MR) is 126 cm³/mol. The largest absolute Gasteiger partial charge is 0.334 e. The van der Waals surface area contributed by atoms with Crippen LogP contribution in [0.25, 0.3) is 0 Å². The van der Waals surface area contributed by atoms with Crippen LogP contribution in [-0.2, 0) is 24.3 Å². The number of fused-ring (bicyclic) bond motifs is 2. The lowest BCUT2D eigenvalue weighted by Crippen LogP contribution is -2.53. The van der Waals surface area contributed by atoms with E-state index in [-0.39, 0.29) is 0 Å². The molecule has 1 amide bonds. The van der Waals surface area contributed by atoms with Crippen LogP contribution in [0.5, 0.6) is 0 Å². The molecule has 166 valence electrons. The average molecular weight is 429 g/mol. The van der Waals surface area contributed by atoms with Gasteiger partial charge in [-0.3, -0.25) is 19.7 Å². The van der Waals surface area contributed by atoms with Crippen molar-refractivity contribution in [2.75, 3.05) is 13.1 Å². The number of hydrogen-bond donors (Lipinski definition) is 0. The Bertz CT molecular complexity index is 1090. The van der Waals surface area contributed by atoms with E-state index in [1.54, 1.807) is 0 Å². The Hall–Kier alpha value is -2.53. The van der Waals surface area contributed by atoms with Crippen molar-refractivity contribution in [2.45, 2.75) is 77.0 Å². The minimum atomic E-state index is 0.305. The third kappa shape index (κ3) is 3.57. The summed E-state index contributed by atoms with van der Waals surface area (Å²) in [4.78, 5) is 27.2. The van der Waals surface area contributed by atoms with Gasteiger partial charge in [0, 0.05) is 48.2 Å². The van der Waals surface area contributed by atoms with Crippen LogP contribution in [0.1, 0.15) is 72.0 Å². The van der Waals surface area contributed by atoms with Gasteiger partial charge in [-0.1, -0.05) is 18.9 Å². The van der Waals surface area contributed by atoms with Crippen molar-refractivity contribution in [1.29, 1.82) is 0 Å². The van der Waals surface area contributed by atoms with E-state index in [2.05, 4.69) is 39.0 Å². The molecule has 1 atom stereocenters. The number of carbonyl (C=O) groups is 1. The number of amides is 1. The van der Waals surface area contributed by atoms with E-state index < -0.39 is 0 Å². The predicted octanol–water partition coefficient (Wildman–Crippen LogP) is 4.03. The van der Waals surface area contributed by atoms with E-state index in [1.165, 1.54) is 60.9 Å². The molecule has 4 aliphatic rings. The van der Waals surface area contributed by atoms with Gasteiger partial charge in [-0.15, -0.1) is 0 Å². The number of pyridine rings is 1. The minimum absolute atomic E-state index is 0.305. The molecule has 32 heavy (non-hydrogen) atoms. The fourth-order valence-corrected chi connectivity index (χ4v) is 6.30. The van der Waals surface area contributed by atoms with Crippen molar-refractivity contribution in [3.8, 4) is 0 Å². The highest BCUT2D eigenvalue weighted by atomic mass is 16.2. The van der Waals surface area contributed by atoms with Crippen molar-refractivity contribution in [2.24, 2.45) is 4.99 Å². The van der Waals surface area contributed by atoms with Crippen molar-refractivity contribution < 1.29 is 4.79 Å². The molecule has 5 nitrogen and oxygen atoms in total. The molecule has 4 heterocycles. The monoisotopic (exact) mass is 428 g/mol. The number of aliphatic imine (C=N–C) groups is 1. The van der Waals surface area contributed by atoms with Crippen molar-refractivity contribution in [3.63, 3.8) is 0 Å². The number of rotatable bonds is 3. The summed E-state index contributed by atoms with van der Waals surface area (Å²) < 4.78 is 0. The highest BCUT2D eigenvalue weighted by Gasteiger charge is 2.35. The third-order valence-electron chi connectivity index (χ3n) is 7.97. The second-order valence-corrected chi connectivity index (χ2v) is 10.1. The van der Waals surface area contributed by atoms with Crippen LogP contribution in [0.2, 0.25) is 0 Å². The Kier molecular flexibility index (Phi) is 5.09. The van der Waals surface area contributed by atoms with E-state index in [4.69, 9.17) is 4.99 Å². The molecule has 0 unspecified atom stereocenters. The Balaban J connectivity index is 1.26. The number of carbonyl (C=O) groups excluding carboxylic acids is 1. The summed E-state index contributed by atoms with van der Waals surface area (Å²) in [7, 11) is 0. The summed E-state index contributed by atoms with van der Waals surface area (Å²) in [6.07, 6.45) is 10.2. The zero-order chi connectivity index (χ0) is 21.7. The quantitative estimate of drug-likeness (QED) is 0.742. The molecule has 3 aliphatic heterocycles. The first-order chi connectivity index (χ1) is 15.7. The summed E-state index contributed by atoms with van der Waals surface area (Å²) in [5, 5.41) is 0. The van der Waals surface area contributed by atoms with Crippen LogP contribution in [0, 0.1) is 6.92 Å². The normalized spacial score (nSPS) is 23.9. The van der Waals surface area contributed by atoms with Gasteiger partial charge in [-0.2, -0.15) is 0 Å². The summed E-state index contributed by atoms with van der Waals surface area (Å²) in [5.41, 5.74) is 8.22. The molecule has 1 aromatic carbocycles. The van der Waals surface area contributed by atoms with Gasteiger partial charge in [0.25, 0.3) is 0 Å². The second-order valence-electron chi connectivity index (χ2n) is 10.1. The van der Waals surface area contributed by atoms with Crippen LogP contribution in [0.15, 0.2) is 35.5 Å². The standard InChI is InChI=1S/C27H32N4O/c1-18-11-19(8-9-28-18)27-25-13-22-16-31(26(32)14-20(22)12-21(25)15-29-27)24-7-4-10-30(17-24)23-5-2-3-6-23/h8-9,11-13,23-24H,2-7,10,14-17H2,1H3/t24-/m1/s1. The molecule has 0 bridgehead atoms. The molecule has 2 aromatic rings. The molecule has 0 spiro atoms. The maximum atomic E-state index is 13.2. The van der Waals surface area contributed by atoms with Crippen molar-refractivity contribution >= 4 is 11.6 Å². The van der Waals surface area contributed by atoms with Crippen LogP contribution in [0.3, 0.4) is 0 Å². The number of likely N-dealkylation sites (tertiary alicyclic amines) is 1. The summed E-state index contributed by atoms with van der Waals surface area (Å²) in [5.74, 6) is 0.305. The number of aryl methyl sites for hydroxylation is 1. The number of aromatic nitrogens is 1. The van der Waals surface area contributed by atoms with Crippen molar-refractivity contribution in [3.05, 3.63) is 64.0 Å². The maximum absolute atomic E-state index is 13.2. The molecular weight excluding hydrogens is 396 g/mol. The molecular formula is C27H32N4O. The van der Waals surface area contributed by atoms with E-state index in [0.717, 1.165) is 42.5 Å². The SMILES string of the molecule is Cc1cc(C2=NCc3cc4c(cc32)CN([C@@H]2CCCN(C3CCCC3)C2)C(=O)C4)ccn1. The summed E-state index contributed by atoms with van der Waals surface area (Å²) >= 11 is 0. The number of nitrogens with zero attached hydrogens (tertiary/aromatic N) is 4. The highest BCUT2D eigenvalue weighted by Crippen LogP contribution is 2.33. The molecule has 5 heteroatoms. The van der Waals surface area contributed by atoms with Gasteiger partial charge in [-0.25, -0.2) is 0 Å². The maximum Gasteiger partial charge on any atom is 0.227 e. The van der Waals surface area contributed by atoms with Crippen LogP contribution in [-0.4, -0.2) is 51.6 Å². The van der Waals surface area contributed by atoms with Gasteiger partial charge in [0.1, 0.15) is 0 Å². The molecule has 0 radical (unpaired) electrons. The first-order valence-electron chi connectivity index (χ1n) is 12.3. The number of hydrogen-bond acceptors (Lipinski definition) is 4. The summed E-state index contributed by atoms with van der Waals surface area (Å²) in [6, 6.07) is 9.84. The molecule has 6 rings (SSSR count). The third-order valence-corrected chi connectivity index (χ3v) is 7.97. The zero-order valence-electron chi connectivity index (χ0n) is 19.0. The average Bonchev–Trinajstić information content (AvgIpc) is 3.47. The lowest BCUT2D eigenvalue weighted by Gasteiger charge is -2.43. The molecule has 2 fully saturated rings. The van der Waals surface area contributed by atoms with Crippen LogP contribution in [0.4, 0.5) is 0 Å². The zero-order valence-corrected chi connectivity index (χ0v) is 19.0. The van der Waals surface area contributed by atoms with Crippen molar-refractivity contribution in [1.82, 2.24) is 14.8 Å². The highest BCUT2D eigenvalue weighted by molar-refractivity contribution is 6.15. The van der Waals surface area contributed by atoms with E-state index in [0.29, 0.717) is 24.9 Å². The van der Waals surface area contributed by atoms with Gasteiger partial charge in [0.05, 0.1) is 18.7 Å². The van der Waals surface area contributed by atoms with Gasteiger partial charge >= 0.3 is 0 Å². The van der Waals surface area contributed by atoms with Gasteiger partial charge < -0.3 is 4.90 Å². The molecule has 1 aromatic heterocycles. The second kappa shape index (κ2) is 8.11. The summed E-state index contributed by atoms with van der Waals surface area (Å²) in [6.45, 7) is 5.73. The number of piperidine rings is 1. The molecule has 1 aliphatic carbocycles. The topological polar surface area (TPSA) is 48.8 Å². The lowest BCUT2D eigenvalue weighted by atomic mass is 9.89. The minimum Gasteiger partial charge on any atom is -0.334 e. The Morgan fingerprint density at radius 2 is 1.81 bits per heavy atom. The Labute approximate surface area is 190 Å². The van der Waals surface area contributed by atoms with Gasteiger partial charge in [0.15, 0.2) is 0 Å². The van der Waals surface area contributed by atoms with Gasteiger partial charge in [-0.05, 0) is 74.0 Å². The van der Waals surface area contributed by atoms with Gasteiger partial charge in [0.2, 0.25) is 5.91 Å². The fourth-order valence-electron chi connectivity index (χ4n) is 6.30. The fraction of sp³-hybridized carbons (Fsp3) is 0.519. The lowest BCUT2D eigenvalue weighted by molar-refractivity contribution is -0.136. The Morgan fingerprint density at radius 3 is 2.66 bits per heavy atom. The molecule has 1 saturated carbocycles. The van der Waals surface area contributed by atoms with Crippen LogP contribution < -0.4 is 0 Å². The van der Waals surface area contributed by atoms with E-state index in [1.807, 2.05) is 13.1 Å². The number of benzene rings is 1. The first kappa shape index (κ1) is 20.1. The van der Waals surface area contributed by atoms with E-state index in [9.17, 15) is 4.79 Å². The Morgan fingerprint density at radius 1 is 0.969 bits per heavy atom. The van der Waals surface area contributed by atoms with Crippen LogP contribution >= 0.6 is 0 Å². The van der Waals surface area contributed by atoms with E-state index >= 15 is 0 Å². The smallest absolute Gasteiger partial charge is 0.227 e. The first-order valence-corrected chi connectivity index (χ1v) is 12.3.